The zero-order valence-electron chi connectivity index (χ0n) is 12.0. The molecule has 0 aromatic heterocycles. The van der Waals surface area contributed by atoms with E-state index in [0.717, 1.165) is 25.1 Å². The third kappa shape index (κ3) is 4.26. The van der Waals surface area contributed by atoms with E-state index in [0.29, 0.717) is 6.04 Å². The van der Waals surface area contributed by atoms with Crippen LogP contribution in [0.3, 0.4) is 0 Å². The molecule has 1 atom stereocenters. The third-order valence-electron chi connectivity index (χ3n) is 3.26. The number of ketones is 1. The molecule has 0 fully saturated rings. The van der Waals surface area contributed by atoms with Crippen molar-refractivity contribution in [1.29, 1.82) is 0 Å². The van der Waals surface area contributed by atoms with Crippen LogP contribution in [-0.2, 0) is 0 Å². The van der Waals surface area contributed by atoms with Gasteiger partial charge in [-0.2, -0.15) is 0 Å². The van der Waals surface area contributed by atoms with Crippen molar-refractivity contribution < 1.29 is 4.79 Å². The number of carbonyl (C=O) groups excluding carboxylic acids is 1. The van der Waals surface area contributed by atoms with E-state index in [1.165, 1.54) is 0 Å². The molecule has 0 heterocycles. The highest BCUT2D eigenvalue weighted by atomic mass is 16.1. The molecule has 1 aromatic rings. The molecule has 1 rings (SSSR count). The summed E-state index contributed by atoms with van der Waals surface area (Å²) in [5.74, 6) is 0.304. The summed E-state index contributed by atoms with van der Waals surface area (Å²) in [5.41, 5.74) is 0.824. The normalized spacial score (nSPS) is 13.0. The van der Waals surface area contributed by atoms with Crippen LogP contribution in [0.4, 0.5) is 0 Å². The Labute approximate surface area is 111 Å². The van der Waals surface area contributed by atoms with E-state index in [9.17, 15) is 4.79 Å². The summed E-state index contributed by atoms with van der Waals surface area (Å²) >= 11 is 0. The summed E-state index contributed by atoms with van der Waals surface area (Å²) in [6.45, 7) is 10.5. The van der Waals surface area contributed by atoms with Crippen molar-refractivity contribution in [2.45, 2.75) is 40.2 Å². The molecule has 0 saturated heterocycles. The topological polar surface area (TPSA) is 20.3 Å². The predicted molar refractivity (Wildman–Crippen MR) is 76.9 cm³/mol. The standard InChI is InChI=1S/C16H25NO/c1-5-11-17(13(2)3)12-14(4)16(18)15-9-7-6-8-10-15/h6-10,13-14H,5,11-12H2,1-4H3. The molecule has 2 nitrogen and oxygen atoms in total. The molecule has 2 heteroatoms. The van der Waals surface area contributed by atoms with Crippen LogP contribution < -0.4 is 0 Å². The van der Waals surface area contributed by atoms with Gasteiger partial charge in [-0.15, -0.1) is 0 Å². The fraction of sp³-hybridized carbons (Fsp3) is 0.562. The Bertz CT molecular complexity index is 359. The van der Waals surface area contributed by atoms with Crippen LogP contribution >= 0.6 is 0 Å². The Hall–Kier alpha value is -1.15. The van der Waals surface area contributed by atoms with Gasteiger partial charge in [-0.25, -0.2) is 0 Å². The van der Waals surface area contributed by atoms with E-state index in [1.54, 1.807) is 0 Å². The van der Waals surface area contributed by atoms with Crippen molar-refractivity contribution in [3.8, 4) is 0 Å². The van der Waals surface area contributed by atoms with Gasteiger partial charge in [0.2, 0.25) is 0 Å². The lowest BCUT2D eigenvalue weighted by molar-refractivity contribution is 0.0877. The Morgan fingerprint density at radius 2 is 1.78 bits per heavy atom. The average Bonchev–Trinajstić information content (AvgIpc) is 2.38. The summed E-state index contributed by atoms with van der Waals surface area (Å²) in [6, 6.07) is 10.1. The highest BCUT2D eigenvalue weighted by molar-refractivity contribution is 5.97. The summed E-state index contributed by atoms with van der Waals surface area (Å²) in [6.07, 6.45) is 1.13. The Balaban J connectivity index is 2.64. The van der Waals surface area contributed by atoms with Gasteiger partial charge in [0.1, 0.15) is 0 Å². The van der Waals surface area contributed by atoms with Gasteiger partial charge in [-0.3, -0.25) is 4.79 Å². The second-order valence-corrected chi connectivity index (χ2v) is 5.22. The van der Waals surface area contributed by atoms with Crippen molar-refractivity contribution in [2.75, 3.05) is 13.1 Å². The SMILES string of the molecule is CCCN(CC(C)C(=O)c1ccccc1)C(C)C. The van der Waals surface area contributed by atoms with Crippen molar-refractivity contribution in [1.82, 2.24) is 4.90 Å². The van der Waals surface area contributed by atoms with Gasteiger partial charge in [0.05, 0.1) is 0 Å². The quantitative estimate of drug-likeness (QED) is 0.686. The van der Waals surface area contributed by atoms with Crippen LogP contribution in [0.5, 0.6) is 0 Å². The van der Waals surface area contributed by atoms with Crippen molar-refractivity contribution in [3.05, 3.63) is 35.9 Å². The smallest absolute Gasteiger partial charge is 0.166 e. The second-order valence-electron chi connectivity index (χ2n) is 5.22. The van der Waals surface area contributed by atoms with Crippen LogP contribution in [-0.4, -0.2) is 29.8 Å². The molecule has 0 N–H and O–H groups in total. The van der Waals surface area contributed by atoms with E-state index < -0.39 is 0 Å². The number of rotatable bonds is 7. The third-order valence-corrected chi connectivity index (χ3v) is 3.26. The van der Waals surface area contributed by atoms with E-state index >= 15 is 0 Å². The van der Waals surface area contributed by atoms with E-state index in [1.807, 2.05) is 37.3 Å². The summed E-state index contributed by atoms with van der Waals surface area (Å²) < 4.78 is 0. The lowest BCUT2D eigenvalue weighted by Gasteiger charge is -2.28. The maximum absolute atomic E-state index is 12.3. The molecule has 1 aromatic carbocycles. The molecule has 18 heavy (non-hydrogen) atoms. The van der Waals surface area contributed by atoms with E-state index in [4.69, 9.17) is 0 Å². The molecule has 0 spiro atoms. The molecule has 1 unspecified atom stereocenters. The Morgan fingerprint density at radius 1 is 1.17 bits per heavy atom. The van der Waals surface area contributed by atoms with Crippen molar-refractivity contribution in [2.24, 2.45) is 5.92 Å². The largest absolute Gasteiger partial charge is 0.300 e. The van der Waals surface area contributed by atoms with Gasteiger partial charge >= 0.3 is 0 Å². The first-order valence-electron chi connectivity index (χ1n) is 6.89. The average molecular weight is 247 g/mol. The maximum Gasteiger partial charge on any atom is 0.166 e. The van der Waals surface area contributed by atoms with Crippen molar-refractivity contribution >= 4 is 5.78 Å². The lowest BCUT2D eigenvalue weighted by Crippen LogP contribution is -2.37. The number of nitrogens with zero attached hydrogens (tertiary/aromatic N) is 1. The first-order valence-corrected chi connectivity index (χ1v) is 6.89. The van der Waals surface area contributed by atoms with Crippen LogP contribution in [0, 0.1) is 5.92 Å². The molecule has 100 valence electrons. The highest BCUT2D eigenvalue weighted by Crippen LogP contribution is 2.12. The summed E-state index contributed by atoms with van der Waals surface area (Å²) in [7, 11) is 0. The van der Waals surface area contributed by atoms with Gasteiger partial charge in [-0.1, -0.05) is 44.2 Å². The van der Waals surface area contributed by atoms with Gasteiger partial charge in [-0.05, 0) is 26.8 Å². The zero-order chi connectivity index (χ0) is 13.5. The predicted octanol–water partition coefficient (Wildman–Crippen LogP) is 3.63. The van der Waals surface area contributed by atoms with Crippen molar-refractivity contribution in [3.63, 3.8) is 0 Å². The minimum absolute atomic E-state index is 0.0568. The monoisotopic (exact) mass is 247 g/mol. The van der Waals surface area contributed by atoms with E-state index in [2.05, 4.69) is 25.7 Å². The first kappa shape index (κ1) is 14.9. The fourth-order valence-corrected chi connectivity index (χ4v) is 2.17. The van der Waals surface area contributed by atoms with Gasteiger partial charge < -0.3 is 4.90 Å². The van der Waals surface area contributed by atoms with Crippen LogP contribution in [0.2, 0.25) is 0 Å². The number of Topliss-reactive ketones (excluding diaryl/α,β-unsaturated/α-hetero) is 1. The molecule has 0 amide bonds. The minimum atomic E-state index is 0.0568. The van der Waals surface area contributed by atoms with E-state index in [-0.39, 0.29) is 11.7 Å². The summed E-state index contributed by atoms with van der Waals surface area (Å²) in [5, 5.41) is 0. The van der Waals surface area contributed by atoms with Crippen LogP contribution in [0.15, 0.2) is 30.3 Å². The number of benzene rings is 1. The molecule has 0 aliphatic rings. The van der Waals surface area contributed by atoms with Gasteiger partial charge in [0.25, 0.3) is 0 Å². The van der Waals surface area contributed by atoms with Gasteiger partial charge in [0, 0.05) is 24.1 Å². The Morgan fingerprint density at radius 3 is 2.28 bits per heavy atom. The minimum Gasteiger partial charge on any atom is -0.300 e. The highest BCUT2D eigenvalue weighted by Gasteiger charge is 2.19. The number of hydrogen-bond donors (Lipinski definition) is 0. The molecule has 0 radical (unpaired) electrons. The zero-order valence-corrected chi connectivity index (χ0v) is 12.0. The molecule has 0 bridgehead atoms. The second kappa shape index (κ2) is 7.32. The lowest BCUT2D eigenvalue weighted by atomic mass is 9.98. The Kier molecular flexibility index (Phi) is 6.06. The molecule has 0 aliphatic carbocycles. The van der Waals surface area contributed by atoms with Crippen LogP contribution in [0.25, 0.3) is 0 Å². The molecule has 0 aliphatic heterocycles. The van der Waals surface area contributed by atoms with Crippen LogP contribution in [0.1, 0.15) is 44.5 Å². The first-order chi connectivity index (χ1) is 8.56. The number of hydrogen-bond acceptors (Lipinski definition) is 2. The fourth-order valence-electron chi connectivity index (χ4n) is 2.17. The summed E-state index contributed by atoms with van der Waals surface area (Å²) in [4.78, 5) is 14.7. The molecular formula is C16H25NO. The van der Waals surface area contributed by atoms with Gasteiger partial charge in [0.15, 0.2) is 5.78 Å². The maximum atomic E-state index is 12.3. The molecule has 0 saturated carbocycles. The number of carbonyl (C=O) groups is 1. The molecular weight excluding hydrogens is 222 g/mol.